The predicted molar refractivity (Wildman–Crippen MR) is 130 cm³/mol. The van der Waals surface area contributed by atoms with E-state index in [-0.39, 0.29) is 22.3 Å². The van der Waals surface area contributed by atoms with Crippen LogP contribution in [-0.4, -0.2) is 55.3 Å². The molecule has 3 heterocycles. The zero-order valence-electron chi connectivity index (χ0n) is 18.9. The first-order valence-electron chi connectivity index (χ1n) is 10.9. The van der Waals surface area contributed by atoms with Gasteiger partial charge in [0.05, 0.1) is 22.0 Å². The van der Waals surface area contributed by atoms with E-state index in [0.717, 1.165) is 21.7 Å². The Morgan fingerprint density at radius 1 is 1.29 bits per heavy atom. The first-order chi connectivity index (χ1) is 16.9. The molecule has 3 aromatic heterocycles. The molecule has 1 aromatic carbocycles. The maximum absolute atomic E-state index is 15.5. The number of carboxylic acid groups (broad SMARTS) is 1. The van der Waals surface area contributed by atoms with Crippen LogP contribution in [0.1, 0.15) is 28.5 Å². The molecule has 0 spiro atoms. The molecule has 4 aromatic rings. The number of halogens is 1. The summed E-state index contributed by atoms with van der Waals surface area (Å²) in [4.78, 5) is 34.5. The monoisotopic (exact) mass is 492 g/mol. The SMILES string of the molecule is CCN(C)C(=O)c1ccc(-n2nc(-c3cccnc3)c3c2-c2sc(NC(=O)O)nc2CC3)c(F)c1. The van der Waals surface area contributed by atoms with Crippen LogP contribution in [0, 0.1) is 5.82 Å². The number of benzene rings is 1. The van der Waals surface area contributed by atoms with Crippen LogP contribution in [0.3, 0.4) is 0 Å². The molecule has 178 valence electrons. The predicted octanol–water partition coefficient (Wildman–Crippen LogP) is 4.48. The van der Waals surface area contributed by atoms with E-state index in [4.69, 9.17) is 10.2 Å². The number of thiazole rings is 1. The number of pyridine rings is 1. The Balaban J connectivity index is 1.69. The van der Waals surface area contributed by atoms with E-state index in [9.17, 15) is 9.59 Å². The van der Waals surface area contributed by atoms with Crippen LogP contribution in [-0.2, 0) is 12.8 Å². The van der Waals surface area contributed by atoms with Gasteiger partial charge in [-0.3, -0.25) is 15.1 Å². The number of nitrogens with zero attached hydrogens (tertiary/aromatic N) is 5. The fourth-order valence-corrected chi connectivity index (χ4v) is 5.16. The molecule has 0 unspecified atom stereocenters. The molecule has 1 aliphatic carbocycles. The number of amides is 2. The normalized spacial score (nSPS) is 12.1. The molecule has 2 N–H and O–H groups in total. The Morgan fingerprint density at radius 2 is 2.11 bits per heavy atom. The maximum Gasteiger partial charge on any atom is 0.410 e. The third-order valence-corrected chi connectivity index (χ3v) is 6.92. The van der Waals surface area contributed by atoms with Gasteiger partial charge in [-0.15, -0.1) is 0 Å². The van der Waals surface area contributed by atoms with Gasteiger partial charge in [-0.05, 0) is 50.1 Å². The number of aryl methyl sites for hydroxylation is 1. The van der Waals surface area contributed by atoms with Gasteiger partial charge < -0.3 is 10.0 Å². The van der Waals surface area contributed by atoms with E-state index in [2.05, 4.69) is 15.3 Å². The van der Waals surface area contributed by atoms with Gasteiger partial charge in [-0.1, -0.05) is 11.3 Å². The summed E-state index contributed by atoms with van der Waals surface area (Å²) in [5, 5.41) is 16.4. The highest BCUT2D eigenvalue weighted by atomic mass is 32.1. The second kappa shape index (κ2) is 8.91. The molecule has 11 heteroatoms. The molecule has 0 atom stereocenters. The molecule has 0 fully saturated rings. The molecule has 0 bridgehead atoms. The summed E-state index contributed by atoms with van der Waals surface area (Å²) in [7, 11) is 1.66. The van der Waals surface area contributed by atoms with Crippen molar-refractivity contribution in [2.45, 2.75) is 19.8 Å². The number of rotatable bonds is 5. The zero-order chi connectivity index (χ0) is 24.7. The number of nitrogens with one attached hydrogen (secondary N) is 1. The first-order valence-corrected chi connectivity index (χ1v) is 11.8. The minimum absolute atomic E-state index is 0.182. The van der Waals surface area contributed by atoms with Crippen molar-refractivity contribution in [2.75, 3.05) is 18.9 Å². The maximum atomic E-state index is 15.5. The number of carbonyl (C=O) groups is 2. The molecule has 1 aliphatic rings. The number of fused-ring (bicyclic) bond motifs is 3. The smallest absolute Gasteiger partial charge is 0.410 e. The number of carbonyl (C=O) groups excluding carboxylic acids is 1. The Hall–Kier alpha value is -4.12. The largest absolute Gasteiger partial charge is 0.465 e. The van der Waals surface area contributed by atoms with Gasteiger partial charge in [-0.2, -0.15) is 5.10 Å². The molecule has 0 saturated carbocycles. The van der Waals surface area contributed by atoms with E-state index in [0.29, 0.717) is 30.8 Å². The van der Waals surface area contributed by atoms with Crippen molar-refractivity contribution in [2.24, 2.45) is 0 Å². The van der Waals surface area contributed by atoms with Crippen LogP contribution in [0.4, 0.5) is 14.3 Å². The highest BCUT2D eigenvalue weighted by molar-refractivity contribution is 7.19. The molecule has 0 aliphatic heterocycles. The average Bonchev–Trinajstić information content (AvgIpc) is 3.44. The lowest BCUT2D eigenvalue weighted by molar-refractivity contribution is 0.0802. The van der Waals surface area contributed by atoms with Crippen LogP contribution < -0.4 is 5.32 Å². The number of hydrogen-bond acceptors (Lipinski definition) is 6. The molecule has 5 rings (SSSR count). The van der Waals surface area contributed by atoms with Crippen molar-refractivity contribution in [3.8, 4) is 27.5 Å². The van der Waals surface area contributed by atoms with Crippen molar-refractivity contribution in [1.82, 2.24) is 24.6 Å². The van der Waals surface area contributed by atoms with Gasteiger partial charge in [0, 0.05) is 42.7 Å². The Labute approximate surface area is 203 Å². The summed E-state index contributed by atoms with van der Waals surface area (Å²) in [5.41, 5.74) is 4.17. The number of anilines is 1. The molecular formula is C24H21FN6O3S. The summed E-state index contributed by atoms with van der Waals surface area (Å²) < 4.78 is 17.0. The summed E-state index contributed by atoms with van der Waals surface area (Å²) in [6, 6.07) is 8.03. The molecular weight excluding hydrogens is 471 g/mol. The lowest BCUT2D eigenvalue weighted by atomic mass is 9.95. The fourth-order valence-electron chi connectivity index (χ4n) is 4.10. The Kier molecular flexibility index (Phi) is 5.77. The van der Waals surface area contributed by atoms with Crippen LogP contribution in [0.5, 0.6) is 0 Å². The second-order valence-electron chi connectivity index (χ2n) is 8.04. The van der Waals surface area contributed by atoms with Crippen LogP contribution in [0.25, 0.3) is 27.5 Å². The van der Waals surface area contributed by atoms with Crippen LogP contribution in [0.2, 0.25) is 0 Å². The number of hydrogen-bond donors (Lipinski definition) is 2. The standard InChI is InChI=1S/C24H21FN6O3S/c1-3-30(2)22(32)13-6-9-18(16(25)11-13)31-20-15(19(29-31)14-5-4-10-26-12-14)7-8-17-21(20)35-23(27-17)28-24(33)34/h4-6,9-12H,3,7-8H2,1-2H3,(H,27,28)(H,33,34). The van der Waals surface area contributed by atoms with Crippen LogP contribution >= 0.6 is 11.3 Å². The van der Waals surface area contributed by atoms with Crippen molar-refractivity contribution >= 4 is 28.5 Å². The van der Waals surface area contributed by atoms with Crippen molar-refractivity contribution in [3.63, 3.8) is 0 Å². The number of aromatic nitrogens is 4. The highest BCUT2D eigenvalue weighted by Crippen LogP contribution is 2.44. The minimum atomic E-state index is -1.20. The van der Waals surface area contributed by atoms with Gasteiger partial charge >= 0.3 is 6.09 Å². The van der Waals surface area contributed by atoms with E-state index in [1.807, 2.05) is 19.1 Å². The average molecular weight is 493 g/mol. The molecule has 9 nitrogen and oxygen atoms in total. The van der Waals surface area contributed by atoms with Gasteiger partial charge in [0.1, 0.15) is 11.5 Å². The van der Waals surface area contributed by atoms with E-state index in [1.54, 1.807) is 25.5 Å². The van der Waals surface area contributed by atoms with Gasteiger partial charge in [0.25, 0.3) is 5.91 Å². The summed E-state index contributed by atoms with van der Waals surface area (Å²) in [5.74, 6) is -0.866. The topological polar surface area (TPSA) is 113 Å². The van der Waals surface area contributed by atoms with E-state index in [1.165, 1.54) is 33.1 Å². The van der Waals surface area contributed by atoms with Crippen molar-refractivity contribution in [3.05, 3.63) is 65.4 Å². The van der Waals surface area contributed by atoms with E-state index >= 15 is 4.39 Å². The first kappa shape index (κ1) is 22.7. The van der Waals surface area contributed by atoms with Crippen molar-refractivity contribution < 1.29 is 19.1 Å². The van der Waals surface area contributed by atoms with Gasteiger partial charge in [-0.25, -0.2) is 18.9 Å². The molecule has 2 amide bonds. The quantitative estimate of drug-likeness (QED) is 0.425. The Morgan fingerprint density at radius 3 is 2.80 bits per heavy atom. The molecule has 0 radical (unpaired) electrons. The van der Waals surface area contributed by atoms with Gasteiger partial charge in [0.15, 0.2) is 5.13 Å². The third kappa shape index (κ3) is 4.03. The van der Waals surface area contributed by atoms with Gasteiger partial charge in [0.2, 0.25) is 0 Å². The Bertz CT molecular complexity index is 1450. The lowest BCUT2D eigenvalue weighted by Gasteiger charge is -2.16. The summed E-state index contributed by atoms with van der Waals surface area (Å²) in [6.45, 7) is 2.35. The highest BCUT2D eigenvalue weighted by Gasteiger charge is 2.31. The fraction of sp³-hybridized carbons (Fsp3) is 0.208. The molecule has 0 saturated heterocycles. The molecule has 35 heavy (non-hydrogen) atoms. The lowest BCUT2D eigenvalue weighted by Crippen LogP contribution is -2.26. The summed E-state index contributed by atoms with van der Waals surface area (Å²) in [6.07, 6.45) is 3.36. The zero-order valence-corrected chi connectivity index (χ0v) is 19.8. The summed E-state index contributed by atoms with van der Waals surface area (Å²) >= 11 is 1.18. The van der Waals surface area contributed by atoms with Crippen LogP contribution in [0.15, 0.2) is 42.7 Å². The minimum Gasteiger partial charge on any atom is -0.465 e. The second-order valence-corrected chi connectivity index (χ2v) is 9.04. The van der Waals surface area contributed by atoms with E-state index < -0.39 is 11.9 Å². The van der Waals surface area contributed by atoms with Crippen molar-refractivity contribution in [1.29, 1.82) is 0 Å². The third-order valence-electron chi connectivity index (χ3n) is 5.90.